The van der Waals surface area contributed by atoms with E-state index in [1.807, 2.05) is 0 Å². The molecule has 1 saturated heterocycles. The van der Waals surface area contributed by atoms with Gasteiger partial charge in [0.15, 0.2) is 5.96 Å². The Bertz CT molecular complexity index is 354. The third-order valence-electron chi connectivity index (χ3n) is 3.66. The molecule has 0 aromatic heterocycles. The number of carbonyl (C=O) groups excluding carboxylic acids is 1. The molecule has 0 atom stereocenters. The summed E-state index contributed by atoms with van der Waals surface area (Å²) in [5, 5.41) is 3.15. The van der Waals surface area contributed by atoms with Gasteiger partial charge in [-0.1, -0.05) is 0 Å². The number of rotatable bonds is 6. The monoisotopic (exact) mass is 297 g/mol. The quantitative estimate of drug-likeness (QED) is 0.381. The van der Waals surface area contributed by atoms with E-state index in [2.05, 4.69) is 36.0 Å². The van der Waals surface area contributed by atoms with Crippen molar-refractivity contribution in [2.75, 3.05) is 26.2 Å². The number of hydrogen-bond acceptors (Lipinski definition) is 3. The van der Waals surface area contributed by atoms with Crippen LogP contribution in [0, 0.1) is 5.92 Å². The molecule has 1 heterocycles. The minimum absolute atomic E-state index is 0.0433. The van der Waals surface area contributed by atoms with Crippen LogP contribution in [0.4, 0.5) is 0 Å². The summed E-state index contributed by atoms with van der Waals surface area (Å²) in [5.74, 6) is 0.449. The third kappa shape index (κ3) is 7.90. The summed E-state index contributed by atoms with van der Waals surface area (Å²) in [4.78, 5) is 17.8. The number of aliphatic imine (C=N–C) groups is 1. The first-order chi connectivity index (χ1) is 9.78. The van der Waals surface area contributed by atoms with Crippen LogP contribution < -0.4 is 16.8 Å². The number of guanidine groups is 1. The highest BCUT2D eigenvalue weighted by Crippen LogP contribution is 2.16. The fourth-order valence-electron chi connectivity index (χ4n) is 2.51. The van der Waals surface area contributed by atoms with Gasteiger partial charge in [-0.15, -0.1) is 0 Å². The van der Waals surface area contributed by atoms with Crippen LogP contribution in [0.2, 0.25) is 0 Å². The largest absolute Gasteiger partial charge is 0.370 e. The number of amides is 1. The molecule has 1 rings (SSSR count). The molecule has 0 bridgehead atoms. The number of primary amides is 1. The van der Waals surface area contributed by atoms with Gasteiger partial charge >= 0.3 is 0 Å². The van der Waals surface area contributed by atoms with Crippen LogP contribution >= 0.6 is 0 Å². The molecular formula is C15H31N5O. The molecular weight excluding hydrogens is 266 g/mol. The van der Waals surface area contributed by atoms with Gasteiger partial charge in [0, 0.05) is 18.0 Å². The van der Waals surface area contributed by atoms with E-state index in [4.69, 9.17) is 11.5 Å². The summed E-state index contributed by atoms with van der Waals surface area (Å²) in [7, 11) is 0. The van der Waals surface area contributed by atoms with Crippen molar-refractivity contribution in [3.8, 4) is 0 Å². The Balaban J connectivity index is 2.10. The van der Waals surface area contributed by atoms with E-state index in [1.165, 1.54) is 0 Å². The summed E-state index contributed by atoms with van der Waals surface area (Å²) in [6.45, 7) is 9.96. The second kappa shape index (κ2) is 8.22. The van der Waals surface area contributed by atoms with Crippen LogP contribution in [0.1, 0.15) is 46.5 Å². The number of nitrogens with one attached hydrogen (secondary N) is 1. The van der Waals surface area contributed by atoms with Crippen molar-refractivity contribution in [1.29, 1.82) is 0 Å². The van der Waals surface area contributed by atoms with E-state index in [9.17, 15) is 4.79 Å². The number of nitrogens with two attached hydrogens (primary N) is 2. The molecule has 1 aliphatic heterocycles. The Morgan fingerprint density at radius 2 is 1.86 bits per heavy atom. The second-order valence-electron chi connectivity index (χ2n) is 6.87. The molecule has 0 aromatic rings. The third-order valence-corrected chi connectivity index (χ3v) is 3.66. The van der Waals surface area contributed by atoms with E-state index < -0.39 is 0 Å². The highest BCUT2D eigenvalue weighted by atomic mass is 16.1. The maximum atomic E-state index is 11.1. The average Bonchev–Trinajstić information content (AvgIpc) is 2.36. The fraction of sp³-hybridized carbons (Fsp3) is 0.867. The van der Waals surface area contributed by atoms with Crippen molar-refractivity contribution in [2.24, 2.45) is 22.4 Å². The molecule has 122 valence electrons. The van der Waals surface area contributed by atoms with Crippen LogP contribution in [-0.2, 0) is 4.79 Å². The lowest BCUT2D eigenvalue weighted by molar-refractivity contribution is -0.123. The maximum Gasteiger partial charge on any atom is 0.220 e. The topological polar surface area (TPSA) is 96.7 Å². The zero-order valence-electron chi connectivity index (χ0n) is 13.7. The Labute approximate surface area is 128 Å². The van der Waals surface area contributed by atoms with Gasteiger partial charge in [0.1, 0.15) is 0 Å². The highest BCUT2D eigenvalue weighted by molar-refractivity contribution is 5.78. The zero-order valence-corrected chi connectivity index (χ0v) is 13.7. The summed E-state index contributed by atoms with van der Waals surface area (Å²) in [5.41, 5.74) is 11.1. The van der Waals surface area contributed by atoms with Gasteiger partial charge in [-0.05, 0) is 66.1 Å². The second-order valence-corrected chi connectivity index (χ2v) is 6.87. The Kier molecular flexibility index (Phi) is 6.95. The number of piperidine rings is 1. The molecule has 1 amide bonds. The average molecular weight is 297 g/mol. The van der Waals surface area contributed by atoms with Crippen LogP contribution in [-0.4, -0.2) is 48.5 Å². The van der Waals surface area contributed by atoms with Gasteiger partial charge in [-0.2, -0.15) is 0 Å². The van der Waals surface area contributed by atoms with E-state index in [0.29, 0.717) is 5.96 Å². The van der Waals surface area contributed by atoms with Crippen LogP contribution in [0.15, 0.2) is 4.99 Å². The number of carbonyl (C=O) groups is 1. The molecule has 6 nitrogen and oxygen atoms in total. The molecule has 0 aliphatic carbocycles. The highest BCUT2D eigenvalue weighted by Gasteiger charge is 2.22. The molecule has 21 heavy (non-hydrogen) atoms. The van der Waals surface area contributed by atoms with Crippen molar-refractivity contribution < 1.29 is 4.79 Å². The molecule has 0 spiro atoms. The van der Waals surface area contributed by atoms with Crippen molar-refractivity contribution >= 4 is 11.9 Å². The normalized spacial score (nSPS) is 18.7. The van der Waals surface area contributed by atoms with E-state index in [1.54, 1.807) is 0 Å². The molecule has 5 N–H and O–H groups in total. The van der Waals surface area contributed by atoms with E-state index in [0.717, 1.165) is 51.9 Å². The van der Waals surface area contributed by atoms with Crippen molar-refractivity contribution in [3.05, 3.63) is 0 Å². The molecule has 0 aromatic carbocycles. The van der Waals surface area contributed by atoms with Gasteiger partial charge in [-0.3, -0.25) is 9.79 Å². The summed E-state index contributed by atoms with van der Waals surface area (Å²) < 4.78 is 0. The summed E-state index contributed by atoms with van der Waals surface area (Å²) in [6, 6.07) is 0. The Morgan fingerprint density at radius 1 is 1.24 bits per heavy atom. The van der Waals surface area contributed by atoms with E-state index in [-0.39, 0.29) is 17.4 Å². The summed E-state index contributed by atoms with van der Waals surface area (Å²) >= 11 is 0. The number of unbranched alkanes of at least 4 members (excludes halogenated alkanes) is 1. The van der Waals surface area contributed by atoms with Gasteiger partial charge in [0.05, 0.1) is 0 Å². The lowest BCUT2D eigenvalue weighted by Gasteiger charge is -2.30. The van der Waals surface area contributed by atoms with Gasteiger partial charge in [0.25, 0.3) is 0 Å². The van der Waals surface area contributed by atoms with Gasteiger partial charge in [-0.25, -0.2) is 0 Å². The maximum absolute atomic E-state index is 11.1. The first kappa shape index (κ1) is 17.8. The number of nitrogens with zero attached hydrogens (tertiary/aromatic N) is 2. The molecule has 6 heteroatoms. The first-order valence-corrected chi connectivity index (χ1v) is 7.88. The van der Waals surface area contributed by atoms with Crippen LogP contribution in [0.5, 0.6) is 0 Å². The van der Waals surface area contributed by atoms with Crippen LogP contribution in [0.25, 0.3) is 0 Å². The zero-order chi connectivity index (χ0) is 15.9. The molecule has 0 radical (unpaired) electrons. The molecule has 1 fully saturated rings. The Hall–Kier alpha value is -1.30. The van der Waals surface area contributed by atoms with Crippen LogP contribution in [0.3, 0.4) is 0 Å². The molecule has 0 unspecified atom stereocenters. The number of hydrogen-bond donors (Lipinski definition) is 3. The first-order valence-electron chi connectivity index (χ1n) is 7.88. The SMILES string of the molecule is CC(C)(C)NC(N)=NCCCCN1CCC(C(N)=O)CC1. The van der Waals surface area contributed by atoms with Crippen molar-refractivity contribution in [2.45, 2.75) is 52.0 Å². The Morgan fingerprint density at radius 3 is 2.38 bits per heavy atom. The standard InChI is InChI=1S/C15H31N5O/c1-15(2,3)19-14(17)18-8-4-5-9-20-10-6-12(7-11-20)13(16)21/h12H,4-11H2,1-3H3,(H2,16,21)(H3,17,18,19). The summed E-state index contributed by atoms with van der Waals surface area (Å²) in [6.07, 6.45) is 3.93. The fourth-order valence-corrected chi connectivity index (χ4v) is 2.51. The van der Waals surface area contributed by atoms with Crippen molar-refractivity contribution in [1.82, 2.24) is 10.2 Å². The van der Waals surface area contributed by atoms with Gasteiger partial charge in [0.2, 0.25) is 5.91 Å². The van der Waals surface area contributed by atoms with E-state index >= 15 is 0 Å². The predicted octanol–water partition coefficient (Wildman–Crippen LogP) is 0.667. The lowest BCUT2D eigenvalue weighted by Crippen LogP contribution is -2.45. The molecule has 0 saturated carbocycles. The van der Waals surface area contributed by atoms with Gasteiger partial charge < -0.3 is 21.7 Å². The van der Waals surface area contributed by atoms with Crippen molar-refractivity contribution in [3.63, 3.8) is 0 Å². The lowest BCUT2D eigenvalue weighted by atomic mass is 9.96. The minimum Gasteiger partial charge on any atom is -0.370 e. The number of likely N-dealkylation sites (tertiary alicyclic amines) is 1. The predicted molar refractivity (Wildman–Crippen MR) is 87.0 cm³/mol. The smallest absolute Gasteiger partial charge is 0.220 e. The minimum atomic E-state index is -0.147. The molecule has 1 aliphatic rings.